The second-order valence-corrected chi connectivity index (χ2v) is 4.18. The quantitative estimate of drug-likeness (QED) is 0.831. The Morgan fingerprint density at radius 2 is 2.05 bits per heavy atom. The molecule has 0 spiro atoms. The highest BCUT2D eigenvalue weighted by atomic mass is 19.4. The van der Waals surface area contributed by atoms with Crippen LogP contribution in [0.3, 0.4) is 0 Å². The molecular weight excluding hydrogens is 271 g/mol. The molecule has 1 saturated heterocycles. The van der Waals surface area contributed by atoms with Crippen LogP contribution in [0.5, 0.6) is 0 Å². The molecular formula is C10H11F5N4. The highest BCUT2D eigenvalue weighted by Gasteiger charge is 2.43. The van der Waals surface area contributed by atoms with Crippen molar-refractivity contribution < 1.29 is 22.0 Å². The first-order valence-corrected chi connectivity index (χ1v) is 5.53. The van der Waals surface area contributed by atoms with Crippen LogP contribution in [0.15, 0.2) is 12.4 Å². The smallest absolute Gasteiger partial charge is 0.367 e. The van der Waals surface area contributed by atoms with E-state index >= 15 is 0 Å². The van der Waals surface area contributed by atoms with Crippen LogP contribution in [0.2, 0.25) is 0 Å². The molecule has 2 rings (SSSR count). The minimum atomic E-state index is -4.56. The van der Waals surface area contributed by atoms with Crippen LogP contribution in [0.4, 0.5) is 27.8 Å². The predicted molar refractivity (Wildman–Crippen MR) is 56.9 cm³/mol. The summed E-state index contributed by atoms with van der Waals surface area (Å²) in [5.74, 6) is -2.80. The highest BCUT2D eigenvalue weighted by Crippen LogP contribution is 2.28. The summed E-state index contributed by atoms with van der Waals surface area (Å²) in [7, 11) is 0. The van der Waals surface area contributed by atoms with Gasteiger partial charge in [-0.2, -0.15) is 13.2 Å². The van der Waals surface area contributed by atoms with E-state index in [2.05, 4.69) is 20.6 Å². The van der Waals surface area contributed by atoms with Crippen molar-refractivity contribution in [2.45, 2.75) is 24.6 Å². The van der Waals surface area contributed by atoms with Crippen molar-refractivity contribution in [2.75, 3.05) is 18.4 Å². The van der Waals surface area contributed by atoms with E-state index in [1.807, 2.05) is 0 Å². The highest BCUT2D eigenvalue weighted by molar-refractivity contribution is 5.32. The molecule has 9 heteroatoms. The average Bonchev–Trinajstić information content (AvgIpc) is 2.65. The normalized spacial score (nSPS) is 22.5. The molecule has 2 N–H and O–H groups in total. The number of nitrogens with one attached hydrogen (secondary N) is 2. The molecule has 0 saturated carbocycles. The zero-order chi connectivity index (χ0) is 14.1. The largest absolute Gasteiger partial charge is 0.434 e. The Balaban J connectivity index is 1.94. The van der Waals surface area contributed by atoms with Gasteiger partial charge in [0.25, 0.3) is 5.92 Å². The van der Waals surface area contributed by atoms with Gasteiger partial charge in [0.2, 0.25) is 0 Å². The topological polar surface area (TPSA) is 49.8 Å². The summed E-state index contributed by atoms with van der Waals surface area (Å²) < 4.78 is 63.2. The van der Waals surface area contributed by atoms with E-state index in [-0.39, 0.29) is 25.3 Å². The Morgan fingerprint density at radius 3 is 2.53 bits per heavy atom. The number of rotatable bonds is 3. The van der Waals surface area contributed by atoms with Gasteiger partial charge in [-0.3, -0.25) is 0 Å². The first-order chi connectivity index (χ1) is 8.79. The first-order valence-electron chi connectivity index (χ1n) is 5.53. The molecule has 1 aromatic heterocycles. The van der Waals surface area contributed by atoms with Gasteiger partial charge in [-0.1, -0.05) is 0 Å². The molecule has 1 fully saturated rings. The summed E-state index contributed by atoms with van der Waals surface area (Å²) in [6.07, 6.45) is -3.39. The summed E-state index contributed by atoms with van der Waals surface area (Å²) in [6, 6.07) is -1.06. The van der Waals surface area contributed by atoms with E-state index in [9.17, 15) is 22.0 Å². The van der Waals surface area contributed by atoms with Crippen LogP contribution in [-0.4, -0.2) is 35.0 Å². The van der Waals surface area contributed by atoms with E-state index < -0.39 is 23.8 Å². The minimum Gasteiger partial charge on any atom is -0.367 e. The predicted octanol–water partition coefficient (Wildman–Crippen LogP) is 1.90. The molecule has 0 aliphatic carbocycles. The molecule has 1 aromatic rings. The first kappa shape index (κ1) is 13.9. The SMILES string of the molecule is FC(F)(F)c1cnc(NC[C@H]2NCCC2(F)F)cn1. The standard InChI is InChI=1S/C10H11F5N4/c11-9(12)1-2-16-6(9)3-18-8-5-17-7(4-19-8)10(13,14)15/h4-6,16H,1-3H2,(H,18,19)/t6-/m1/s1. The molecule has 2 heterocycles. The number of hydrogen-bond acceptors (Lipinski definition) is 4. The third-order valence-electron chi connectivity index (χ3n) is 2.79. The van der Waals surface area contributed by atoms with Gasteiger partial charge in [-0.05, 0) is 0 Å². The molecule has 19 heavy (non-hydrogen) atoms. The molecule has 1 aliphatic rings. The van der Waals surface area contributed by atoms with Crippen LogP contribution in [0.1, 0.15) is 12.1 Å². The Hall–Kier alpha value is -1.51. The Labute approximate surface area is 105 Å². The Bertz CT molecular complexity index is 431. The number of halogens is 5. The second kappa shape index (κ2) is 4.87. The molecule has 0 bridgehead atoms. The summed E-state index contributed by atoms with van der Waals surface area (Å²) >= 11 is 0. The van der Waals surface area contributed by atoms with Gasteiger partial charge in [-0.15, -0.1) is 0 Å². The summed E-state index contributed by atoms with van der Waals surface area (Å²) in [4.78, 5) is 6.66. The number of anilines is 1. The third-order valence-corrected chi connectivity index (χ3v) is 2.79. The summed E-state index contributed by atoms with van der Waals surface area (Å²) in [6.45, 7) is 0.0745. The van der Waals surface area contributed by atoms with Gasteiger partial charge in [0, 0.05) is 19.5 Å². The van der Waals surface area contributed by atoms with Crippen LogP contribution >= 0.6 is 0 Å². The minimum absolute atomic E-state index is 0.0255. The van der Waals surface area contributed by atoms with Crippen molar-refractivity contribution in [1.29, 1.82) is 0 Å². The lowest BCUT2D eigenvalue weighted by atomic mass is 10.1. The van der Waals surface area contributed by atoms with Crippen LogP contribution in [0, 0.1) is 0 Å². The fourth-order valence-corrected chi connectivity index (χ4v) is 1.73. The van der Waals surface area contributed by atoms with Crippen LogP contribution < -0.4 is 10.6 Å². The van der Waals surface area contributed by atoms with E-state index in [1.165, 1.54) is 0 Å². The van der Waals surface area contributed by atoms with Gasteiger partial charge in [0.05, 0.1) is 18.4 Å². The van der Waals surface area contributed by atoms with Crippen LogP contribution in [-0.2, 0) is 6.18 Å². The van der Waals surface area contributed by atoms with E-state index in [4.69, 9.17) is 0 Å². The fourth-order valence-electron chi connectivity index (χ4n) is 1.73. The van der Waals surface area contributed by atoms with Crippen LogP contribution in [0.25, 0.3) is 0 Å². The van der Waals surface area contributed by atoms with Crippen molar-refractivity contribution in [2.24, 2.45) is 0 Å². The van der Waals surface area contributed by atoms with Gasteiger partial charge in [-0.25, -0.2) is 18.7 Å². The van der Waals surface area contributed by atoms with Crippen molar-refractivity contribution in [3.63, 3.8) is 0 Å². The van der Waals surface area contributed by atoms with Gasteiger partial charge < -0.3 is 10.6 Å². The molecule has 1 atom stereocenters. The molecule has 0 amide bonds. The molecule has 0 radical (unpaired) electrons. The molecule has 106 valence electrons. The lowest BCUT2D eigenvalue weighted by molar-refractivity contribution is -0.141. The average molecular weight is 282 g/mol. The number of nitrogens with zero attached hydrogens (tertiary/aromatic N) is 2. The maximum absolute atomic E-state index is 13.2. The lowest BCUT2D eigenvalue weighted by Gasteiger charge is -2.19. The molecule has 4 nitrogen and oxygen atoms in total. The number of alkyl halides is 5. The zero-order valence-corrected chi connectivity index (χ0v) is 9.64. The fraction of sp³-hybridized carbons (Fsp3) is 0.600. The number of hydrogen-bond donors (Lipinski definition) is 2. The Morgan fingerprint density at radius 1 is 1.32 bits per heavy atom. The maximum atomic E-state index is 13.2. The van der Waals surface area contributed by atoms with Gasteiger partial charge in [0.15, 0.2) is 5.69 Å². The van der Waals surface area contributed by atoms with E-state index in [0.717, 1.165) is 6.20 Å². The molecule has 1 aliphatic heterocycles. The van der Waals surface area contributed by atoms with Crippen molar-refractivity contribution in [3.8, 4) is 0 Å². The zero-order valence-electron chi connectivity index (χ0n) is 9.64. The molecule has 0 unspecified atom stereocenters. The third kappa shape index (κ3) is 3.28. The van der Waals surface area contributed by atoms with Crippen molar-refractivity contribution in [1.82, 2.24) is 15.3 Å². The molecule has 0 aromatic carbocycles. The Kier molecular flexibility index (Phi) is 3.57. The lowest BCUT2D eigenvalue weighted by Crippen LogP contribution is -2.41. The van der Waals surface area contributed by atoms with E-state index in [1.54, 1.807) is 0 Å². The monoisotopic (exact) mass is 282 g/mol. The van der Waals surface area contributed by atoms with Gasteiger partial charge in [0.1, 0.15) is 5.82 Å². The maximum Gasteiger partial charge on any atom is 0.434 e. The summed E-state index contributed by atoms with van der Waals surface area (Å²) in [5.41, 5.74) is -1.12. The second-order valence-electron chi connectivity index (χ2n) is 4.18. The van der Waals surface area contributed by atoms with Gasteiger partial charge >= 0.3 is 6.18 Å². The van der Waals surface area contributed by atoms with Crippen molar-refractivity contribution >= 4 is 5.82 Å². The van der Waals surface area contributed by atoms with E-state index in [0.29, 0.717) is 6.20 Å². The number of aromatic nitrogens is 2. The summed E-state index contributed by atoms with van der Waals surface area (Å²) in [5, 5.41) is 5.15. The van der Waals surface area contributed by atoms with Crippen molar-refractivity contribution in [3.05, 3.63) is 18.1 Å².